The second-order valence-corrected chi connectivity index (χ2v) is 7.69. The van der Waals surface area contributed by atoms with E-state index in [1.165, 1.54) is 6.08 Å². The minimum absolute atomic E-state index is 0.121. The van der Waals surface area contributed by atoms with Crippen molar-refractivity contribution < 1.29 is 4.79 Å². The van der Waals surface area contributed by atoms with Crippen molar-refractivity contribution in [1.29, 1.82) is 0 Å². The normalized spacial score (nSPS) is 10.7. The van der Waals surface area contributed by atoms with Gasteiger partial charge in [-0.2, -0.15) is 0 Å². The van der Waals surface area contributed by atoms with E-state index in [2.05, 4.69) is 10.6 Å². The smallest absolute Gasteiger partial charge is 0.185 e. The lowest BCUT2D eigenvalue weighted by atomic mass is 10.1. The summed E-state index contributed by atoms with van der Waals surface area (Å²) in [6.07, 6.45) is 3.19. The third kappa shape index (κ3) is 6.31. The molecule has 29 heavy (non-hydrogen) atoms. The molecule has 2 N–H and O–H groups in total. The zero-order chi connectivity index (χ0) is 20.8. The van der Waals surface area contributed by atoms with E-state index in [4.69, 9.17) is 47.0 Å². The fourth-order valence-electron chi connectivity index (χ4n) is 2.43. The number of allylic oxidation sites excluding steroid dienone is 1. The monoisotopic (exact) mass is 460 g/mol. The van der Waals surface area contributed by atoms with Crippen LogP contribution >= 0.6 is 47.0 Å². The maximum atomic E-state index is 12.4. The number of thiocarbonyl (C=S) groups is 1. The molecule has 0 atom stereocenters. The van der Waals surface area contributed by atoms with Crippen LogP contribution in [-0.2, 0) is 0 Å². The van der Waals surface area contributed by atoms with Crippen molar-refractivity contribution in [1.82, 2.24) is 0 Å². The van der Waals surface area contributed by atoms with Gasteiger partial charge in [-0.05, 0) is 84.5 Å². The molecule has 0 bridgehead atoms. The fraction of sp³-hybridized carbons (Fsp3) is 0. The van der Waals surface area contributed by atoms with Gasteiger partial charge < -0.3 is 10.6 Å². The Kier molecular flexibility index (Phi) is 7.29. The van der Waals surface area contributed by atoms with Gasteiger partial charge in [-0.15, -0.1) is 0 Å². The summed E-state index contributed by atoms with van der Waals surface area (Å²) >= 11 is 23.0. The van der Waals surface area contributed by atoms with Crippen LogP contribution in [0.2, 0.25) is 15.1 Å². The number of anilines is 2. The third-order valence-corrected chi connectivity index (χ3v) is 5.10. The summed E-state index contributed by atoms with van der Waals surface area (Å²) in [6.45, 7) is 0. The Hall–Kier alpha value is -2.37. The van der Waals surface area contributed by atoms with E-state index in [-0.39, 0.29) is 5.78 Å². The van der Waals surface area contributed by atoms with Crippen LogP contribution in [0, 0.1) is 0 Å². The predicted octanol–water partition coefficient (Wildman–Crippen LogP) is 7.35. The van der Waals surface area contributed by atoms with Gasteiger partial charge in [0, 0.05) is 22.0 Å². The molecule has 0 radical (unpaired) electrons. The summed E-state index contributed by atoms with van der Waals surface area (Å²) in [5.74, 6) is -0.121. The van der Waals surface area contributed by atoms with E-state index in [1.807, 2.05) is 12.1 Å². The van der Waals surface area contributed by atoms with Gasteiger partial charge in [0.15, 0.2) is 10.9 Å². The first-order valence-electron chi connectivity index (χ1n) is 8.52. The maximum Gasteiger partial charge on any atom is 0.185 e. The summed E-state index contributed by atoms with van der Waals surface area (Å²) < 4.78 is 0. The highest BCUT2D eigenvalue weighted by atomic mass is 35.5. The lowest BCUT2D eigenvalue weighted by Gasteiger charge is -2.11. The Bertz CT molecular complexity index is 1060. The molecule has 0 fully saturated rings. The van der Waals surface area contributed by atoms with Crippen LogP contribution in [0.3, 0.4) is 0 Å². The van der Waals surface area contributed by atoms with Gasteiger partial charge in [0.2, 0.25) is 0 Å². The highest BCUT2D eigenvalue weighted by Gasteiger charge is 2.04. The highest BCUT2D eigenvalue weighted by molar-refractivity contribution is 7.80. The molecule has 3 aromatic carbocycles. The fourth-order valence-corrected chi connectivity index (χ4v) is 3.10. The van der Waals surface area contributed by atoms with E-state index >= 15 is 0 Å². The molecule has 0 aliphatic rings. The van der Waals surface area contributed by atoms with Gasteiger partial charge in [0.25, 0.3) is 0 Å². The first-order chi connectivity index (χ1) is 13.9. The largest absolute Gasteiger partial charge is 0.332 e. The van der Waals surface area contributed by atoms with Gasteiger partial charge in [0.05, 0.1) is 10.0 Å². The molecule has 3 nitrogen and oxygen atoms in total. The number of rotatable bonds is 5. The molecule has 0 aliphatic heterocycles. The molecule has 0 aromatic heterocycles. The Morgan fingerprint density at radius 1 is 0.793 bits per heavy atom. The lowest BCUT2D eigenvalue weighted by molar-refractivity contribution is 0.104. The van der Waals surface area contributed by atoms with Gasteiger partial charge in [-0.25, -0.2) is 0 Å². The first-order valence-corrected chi connectivity index (χ1v) is 10.1. The van der Waals surface area contributed by atoms with E-state index in [1.54, 1.807) is 60.7 Å². The maximum absolute atomic E-state index is 12.4. The molecule has 0 unspecified atom stereocenters. The lowest BCUT2D eigenvalue weighted by Crippen LogP contribution is -2.18. The van der Waals surface area contributed by atoms with Gasteiger partial charge >= 0.3 is 0 Å². The van der Waals surface area contributed by atoms with Crippen molar-refractivity contribution in [2.45, 2.75) is 0 Å². The minimum Gasteiger partial charge on any atom is -0.332 e. The van der Waals surface area contributed by atoms with Crippen molar-refractivity contribution in [3.8, 4) is 0 Å². The first kappa shape index (κ1) is 21.3. The van der Waals surface area contributed by atoms with Crippen LogP contribution in [0.15, 0.2) is 72.8 Å². The van der Waals surface area contributed by atoms with Gasteiger partial charge in [-0.1, -0.05) is 46.9 Å². The van der Waals surface area contributed by atoms with Crippen LogP contribution < -0.4 is 10.6 Å². The van der Waals surface area contributed by atoms with Crippen molar-refractivity contribution in [2.75, 3.05) is 10.6 Å². The molecule has 3 aromatic rings. The zero-order valence-corrected chi connectivity index (χ0v) is 18.0. The third-order valence-electron chi connectivity index (χ3n) is 3.90. The van der Waals surface area contributed by atoms with Crippen LogP contribution in [0.25, 0.3) is 6.08 Å². The molecule has 0 spiro atoms. The van der Waals surface area contributed by atoms with Crippen LogP contribution in [-0.4, -0.2) is 10.9 Å². The second kappa shape index (κ2) is 9.90. The predicted molar refractivity (Wildman–Crippen MR) is 128 cm³/mol. The van der Waals surface area contributed by atoms with Crippen LogP contribution in [0.5, 0.6) is 0 Å². The Morgan fingerprint density at radius 3 is 1.97 bits per heavy atom. The number of carbonyl (C=O) groups is 1. The second-order valence-electron chi connectivity index (χ2n) is 6.03. The average Bonchev–Trinajstić information content (AvgIpc) is 2.71. The number of hydrogen-bond acceptors (Lipinski definition) is 2. The molecular weight excluding hydrogens is 447 g/mol. The number of halogens is 3. The van der Waals surface area contributed by atoms with E-state index in [0.717, 1.165) is 16.9 Å². The van der Waals surface area contributed by atoms with Crippen LogP contribution in [0.4, 0.5) is 11.4 Å². The van der Waals surface area contributed by atoms with E-state index < -0.39 is 0 Å². The SMILES string of the molecule is O=C(/C=C/c1ccc(Cl)c(Cl)c1)c1ccc(NC(=S)Nc2ccc(Cl)cc2)cc1. The zero-order valence-electron chi connectivity index (χ0n) is 15.0. The van der Waals surface area contributed by atoms with Crippen LogP contribution in [0.1, 0.15) is 15.9 Å². The Labute approximate surface area is 189 Å². The molecule has 0 heterocycles. The Morgan fingerprint density at radius 2 is 1.38 bits per heavy atom. The van der Waals surface area contributed by atoms with Crippen molar-refractivity contribution in [3.63, 3.8) is 0 Å². The van der Waals surface area contributed by atoms with E-state index in [9.17, 15) is 4.79 Å². The summed E-state index contributed by atoms with van der Waals surface area (Å²) in [7, 11) is 0. The quantitative estimate of drug-likeness (QED) is 0.237. The molecule has 0 saturated carbocycles. The number of nitrogens with one attached hydrogen (secondary N) is 2. The van der Waals surface area contributed by atoms with Crippen molar-refractivity contribution >= 4 is 75.4 Å². The number of carbonyl (C=O) groups excluding carboxylic acids is 1. The number of benzene rings is 3. The minimum atomic E-state index is -0.121. The number of ketones is 1. The molecule has 0 saturated heterocycles. The number of hydrogen-bond donors (Lipinski definition) is 2. The Balaban J connectivity index is 1.59. The molecule has 3 rings (SSSR count). The molecule has 7 heteroatoms. The molecule has 0 aliphatic carbocycles. The molecule has 0 amide bonds. The van der Waals surface area contributed by atoms with Crippen molar-refractivity contribution in [2.24, 2.45) is 0 Å². The summed E-state index contributed by atoms with van der Waals surface area (Å²) in [5, 5.41) is 8.15. The van der Waals surface area contributed by atoms with Gasteiger partial charge in [-0.3, -0.25) is 4.79 Å². The summed E-state index contributed by atoms with van der Waals surface area (Å²) in [6, 6.07) is 19.4. The van der Waals surface area contributed by atoms with Crippen molar-refractivity contribution in [3.05, 3.63) is 99.0 Å². The van der Waals surface area contributed by atoms with E-state index in [0.29, 0.717) is 25.7 Å². The highest BCUT2D eigenvalue weighted by Crippen LogP contribution is 2.23. The summed E-state index contributed by atoms with van der Waals surface area (Å²) in [4.78, 5) is 12.4. The topological polar surface area (TPSA) is 41.1 Å². The average molecular weight is 462 g/mol. The van der Waals surface area contributed by atoms with Gasteiger partial charge in [0.1, 0.15) is 0 Å². The summed E-state index contributed by atoms with van der Waals surface area (Å²) in [5.41, 5.74) is 2.95. The molecular formula is C22H15Cl3N2OS. The standard InChI is InChI=1S/C22H15Cl3N2OS/c23-16-5-9-18(10-6-16)27-22(29)26-17-7-3-15(4-8-17)21(28)12-2-14-1-11-19(24)20(25)13-14/h1-13H,(H2,26,27,29)/b12-2+. The molecule has 146 valence electrons.